The highest BCUT2D eigenvalue weighted by Gasteiger charge is 2.15. The van der Waals surface area contributed by atoms with Crippen LogP contribution in [0.25, 0.3) is 0 Å². The van der Waals surface area contributed by atoms with Crippen molar-refractivity contribution in [2.24, 2.45) is 0 Å². The van der Waals surface area contributed by atoms with Gasteiger partial charge in [0.05, 0.1) is 29.1 Å². The minimum absolute atomic E-state index is 0.195. The molecule has 1 aliphatic heterocycles. The predicted octanol–water partition coefficient (Wildman–Crippen LogP) is 2.30. The summed E-state index contributed by atoms with van der Waals surface area (Å²) in [6.45, 7) is 6.39. The van der Waals surface area contributed by atoms with Gasteiger partial charge in [-0.1, -0.05) is 0 Å². The summed E-state index contributed by atoms with van der Waals surface area (Å²) in [5, 5.41) is 3.26. The lowest BCUT2D eigenvalue weighted by Gasteiger charge is -2.30. The van der Waals surface area contributed by atoms with Crippen molar-refractivity contribution in [3.63, 3.8) is 0 Å². The van der Waals surface area contributed by atoms with Crippen LogP contribution in [0.1, 0.15) is 6.92 Å². The van der Waals surface area contributed by atoms with Crippen molar-refractivity contribution in [3.8, 4) is 0 Å². The van der Waals surface area contributed by atoms with Gasteiger partial charge < -0.3 is 15.8 Å². The minimum Gasteiger partial charge on any atom is -0.397 e. The van der Waals surface area contributed by atoms with Crippen LogP contribution in [0.2, 0.25) is 0 Å². The quantitative estimate of drug-likeness (QED) is 0.831. The predicted molar refractivity (Wildman–Crippen MR) is 78.9 cm³/mol. The molecular weight excluding hydrogens is 313 g/mol. The van der Waals surface area contributed by atoms with Crippen LogP contribution >= 0.6 is 15.9 Å². The molecule has 1 aliphatic rings. The van der Waals surface area contributed by atoms with Gasteiger partial charge in [0.15, 0.2) is 0 Å². The number of morpholine rings is 1. The fourth-order valence-electron chi connectivity index (χ4n) is 2.17. The lowest BCUT2D eigenvalue weighted by molar-refractivity contribution is 0.0368. The molecule has 0 bridgehead atoms. The minimum atomic E-state index is -0.310. The molecule has 106 valence electrons. The van der Waals surface area contributed by atoms with Gasteiger partial charge in [-0.3, -0.25) is 4.90 Å². The van der Waals surface area contributed by atoms with Crippen LogP contribution < -0.4 is 11.1 Å². The Balaban J connectivity index is 1.94. The van der Waals surface area contributed by atoms with Crippen molar-refractivity contribution in [1.82, 2.24) is 4.90 Å². The molecule has 0 amide bonds. The Labute approximate surface area is 121 Å². The van der Waals surface area contributed by atoms with E-state index < -0.39 is 0 Å². The van der Waals surface area contributed by atoms with E-state index in [2.05, 4.69) is 33.1 Å². The molecule has 1 saturated heterocycles. The molecular formula is C13H19BrFN3O. The molecule has 3 N–H and O–H groups in total. The zero-order chi connectivity index (χ0) is 13.8. The largest absolute Gasteiger partial charge is 0.397 e. The van der Waals surface area contributed by atoms with Crippen LogP contribution in [0.5, 0.6) is 0 Å². The van der Waals surface area contributed by atoms with Gasteiger partial charge in [-0.15, -0.1) is 0 Å². The van der Waals surface area contributed by atoms with Gasteiger partial charge in [-0.25, -0.2) is 4.39 Å². The molecule has 1 aromatic carbocycles. The van der Waals surface area contributed by atoms with Crippen molar-refractivity contribution >= 4 is 27.3 Å². The van der Waals surface area contributed by atoms with Crippen LogP contribution in [-0.2, 0) is 4.74 Å². The van der Waals surface area contributed by atoms with Crippen LogP contribution in [0, 0.1) is 5.82 Å². The number of nitrogen functional groups attached to an aromatic ring is 1. The van der Waals surface area contributed by atoms with E-state index >= 15 is 0 Å². The fraction of sp³-hybridized carbons (Fsp3) is 0.538. The number of anilines is 2. The second-order valence-electron chi connectivity index (χ2n) is 4.81. The third kappa shape index (κ3) is 4.06. The first kappa shape index (κ1) is 14.6. The van der Waals surface area contributed by atoms with E-state index in [1.165, 1.54) is 6.07 Å². The zero-order valence-corrected chi connectivity index (χ0v) is 12.5. The Kier molecular flexibility index (Phi) is 5.01. The smallest absolute Gasteiger partial charge is 0.139 e. The highest BCUT2D eigenvalue weighted by Crippen LogP contribution is 2.27. The van der Waals surface area contributed by atoms with Crippen LogP contribution in [0.15, 0.2) is 16.6 Å². The first-order chi connectivity index (χ1) is 9.06. The summed E-state index contributed by atoms with van der Waals surface area (Å²) in [4.78, 5) is 2.33. The summed E-state index contributed by atoms with van der Waals surface area (Å²) >= 11 is 3.12. The molecule has 0 aliphatic carbocycles. The molecule has 0 radical (unpaired) electrons. The standard InChI is InChI=1S/C13H19BrFN3O/c1-9(8-18-2-4-19-5-3-18)17-13-7-11(15)10(14)6-12(13)16/h6-7,9,17H,2-5,8,16H2,1H3. The monoisotopic (exact) mass is 331 g/mol. The topological polar surface area (TPSA) is 50.5 Å². The number of nitrogens with zero attached hydrogens (tertiary/aromatic N) is 1. The summed E-state index contributed by atoms with van der Waals surface area (Å²) in [5.41, 5.74) is 7.06. The van der Waals surface area contributed by atoms with E-state index in [4.69, 9.17) is 10.5 Å². The molecule has 19 heavy (non-hydrogen) atoms. The highest BCUT2D eigenvalue weighted by molar-refractivity contribution is 9.10. The maximum atomic E-state index is 13.5. The van der Waals surface area contributed by atoms with Gasteiger partial charge in [-0.2, -0.15) is 0 Å². The third-order valence-corrected chi connectivity index (χ3v) is 3.74. The van der Waals surface area contributed by atoms with Gasteiger partial charge in [0, 0.05) is 31.7 Å². The Bertz CT molecular complexity index is 438. The molecule has 0 saturated carbocycles. The van der Waals surface area contributed by atoms with Gasteiger partial charge in [0.1, 0.15) is 5.82 Å². The first-order valence-electron chi connectivity index (χ1n) is 6.37. The third-order valence-electron chi connectivity index (χ3n) is 3.13. The number of benzene rings is 1. The summed E-state index contributed by atoms with van der Waals surface area (Å²) < 4.78 is 19.2. The summed E-state index contributed by atoms with van der Waals surface area (Å²) in [6, 6.07) is 3.20. The lowest BCUT2D eigenvalue weighted by atomic mass is 10.2. The maximum Gasteiger partial charge on any atom is 0.139 e. The molecule has 0 spiro atoms. The zero-order valence-electron chi connectivity index (χ0n) is 11.0. The Morgan fingerprint density at radius 1 is 1.47 bits per heavy atom. The summed E-state index contributed by atoms with van der Waals surface area (Å²) in [5.74, 6) is -0.310. The van der Waals surface area contributed by atoms with Crippen LogP contribution in [0.3, 0.4) is 0 Å². The number of nitrogens with two attached hydrogens (primary N) is 1. The molecule has 1 atom stereocenters. The van der Waals surface area contributed by atoms with E-state index in [-0.39, 0.29) is 11.9 Å². The Hall–Kier alpha value is -0.850. The lowest BCUT2D eigenvalue weighted by Crippen LogP contribution is -2.42. The number of nitrogens with one attached hydrogen (secondary N) is 1. The average molecular weight is 332 g/mol. The van der Waals surface area contributed by atoms with Crippen LogP contribution in [0.4, 0.5) is 15.8 Å². The van der Waals surface area contributed by atoms with Crippen molar-refractivity contribution < 1.29 is 9.13 Å². The van der Waals surface area contributed by atoms with Crippen molar-refractivity contribution in [2.75, 3.05) is 43.9 Å². The first-order valence-corrected chi connectivity index (χ1v) is 7.16. The molecule has 4 nitrogen and oxygen atoms in total. The number of hydrogen-bond acceptors (Lipinski definition) is 4. The van der Waals surface area contributed by atoms with E-state index in [0.29, 0.717) is 15.8 Å². The normalized spacial score (nSPS) is 18.3. The molecule has 1 fully saturated rings. The van der Waals surface area contributed by atoms with E-state index in [1.807, 2.05) is 0 Å². The summed E-state index contributed by atoms with van der Waals surface area (Å²) in [7, 11) is 0. The summed E-state index contributed by atoms with van der Waals surface area (Å²) in [6.07, 6.45) is 0. The van der Waals surface area contributed by atoms with Gasteiger partial charge in [-0.05, 0) is 28.9 Å². The highest BCUT2D eigenvalue weighted by atomic mass is 79.9. The fourth-order valence-corrected chi connectivity index (χ4v) is 2.53. The van der Waals surface area contributed by atoms with E-state index in [1.54, 1.807) is 6.07 Å². The number of rotatable bonds is 4. The van der Waals surface area contributed by atoms with Crippen molar-refractivity contribution in [2.45, 2.75) is 13.0 Å². The SMILES string of the molecule is CC(CN1CCOCC1)Nc1cc(F)c(Br)cc1N. The molecule has 1 heterocycles. The molecule has 0 aromatic heterocycles. The Morgan fingerprint density at radius 2 is 2.16 bits per heavy atom. The molecule has 6 heteroatoms. The maximum absolute atomic E-state index is 13.5. The van der Waals surface area contributed by atoms with Gasteiger partial charge in [0.2, 0.25) is 0 Å². The number of halogens is 2. The molecule has 1 unspecified atom stereocenters. The van der Waals surface area contributed by atoms with Crippen molar-refractivity contribution in [3.05, 3.63) is 22.4 Å². The molecule has 1 aromatic rings. The number of ether oxygens (including phenoxy) is 1. The second kappa shape index (κ2) is 6.54. The van der Waals surface area contributed by atoms with Gasteiger partial charge in [0.25, 0.3) is 0 Å². The Morgan fingerprint density at radius 3 is 2.84 bits per heavy atom. The van der Waals surface area contributed by atoms with E-state index in [0.717, 1.165) is 32.8 Å². The molecule has 2 rings (SSSR count). The average Bonchev–Trinajstić information content (AvgIpc) is 2.37. The van der Waals surface area contributed by atoms with E-state index in [9.17, 15) is 4.39 Å². The van der Waals surface area contributed by atoms with Crippen molar-refractivity contribution in [1.29, 1.82) is 0 Å². The number of hydrogen-bond donors (Lipinski definition) is 2. The van der Waals surface area contributed by atoms with Crippen LogP contribution in [-0.4, -0.2) is 43.8 Å². The second-order valence-corrected chi connectivity index (χ2v) is 5.67. The van der Waals surface area contributed by atoms with Gasteiger partial charge >= 0.3 is 0 Å².